The first-order chi connectivity index (χ1) is 12.6. The largest absolute Gasteiger partial charge is 0.452 e. The average molecular weight is 355 g/mol. The van der Waals surface area contributed by atoms with Crippen LogP contribution in [0.4, 0.5) is 4.79 Å². The van der Waals surface area contributed by atoms with Gasteiger partial charge in [-0.15, -0.1) is 0 Å². The van der Waals surface area contributed by atoms with Gasteiger partial charge in [0.15, 0.2) is 6.61 Å². The molecule has 3 rings (SSSR count). The van der Waals surface area contributed by atoms with E-state index >= 15 is 0 Å². The fourth-order valence-corrected chi connectivity index (χ4v) is 3.21. The third-order valence-electron chi connectivity index (χ3n) is 4.44. The molecule has 2 aromatic rings. The Bertz CT molecular complexity index is 863. The first-order valence-electron chi connectivity index (χ1n) is 8.69. The standard InChI is InChI=1S/C19H21N3O4/c1-20-19(25)22-16(23)11-26-18(24)17-12-7-3-2-4-9-14(12)21-15-10-6-5-8-13(15)17/h5-6,8,10H,2-4,7,9,11H2,1H3,(H2,20,22,23,25). The molecular formula is C19H21N3O4. The van der Waals surface area contributed by atoms with E-state index in [1.807, 2.05) is 24.3 Å². The average Bonchev–Trinajstić information content (AvgIpc) is 2.89. The van der Waals surface area contributed by atoms with E-state index in [9.17, 15) is 14.4 Å². The molecule has 2 N–H and O–H groups in total. The number of nitrogens with one attached hydrogen (secondary N) is 2. The zero-order chi connectivity index (χ0) is 18.5. The topological polar surface area (TPSA) is 97.4 Å². The molecule has 0 bridgehead atoms. The predicted molar refractivity (Wildman–Crippen MR) is 95.9 cm³/mol. The van der Waals surface area contributed by atoms with Crippen LogP contribution in [0, 0.1) is 0 Å². The zero-order valence-electron chi connectivity index (χ0n) is 14.6. The number of hydrogen-bond donors (Lipinski definition) is 2. The smallest absolute Gasteiger partial charge is 0.339 e. The van der Waals surface area contributed by atoms with Gasteiger partial charge >= 0.3 is 12.0 Å². The van der Waals surface area contributed by atoms with Crippen molar-refractivity contribution in [3.8, 4) is 0 Å². The number of pyridine rings is 1. The molecule has 0 aliphatic heterocycles. The Morgan fingerprint density at radius 2 is 1.88 bits per heavy atom. The van der Waals surface area contributed by atoms with Crippen LogP contribution in [0.2, 0.25) is 0 Å². The highest BCUT2D eigenvalue weighted by molar-refractivity contribution is 6.06. The van der Waals surface area contributed by atoms with Gasteiger partial charge in [-0.05, 0) is 37.3 Å². The molecule has 7 nitrogen and oxygen atoms in total. The number of imide groups is 1. The molecule has 1 aliphatic carbocycles. The van der Waals surface area contributed by atoms with Gasteiger partial charge in [-0.3, -0.25) is 15.1 Å². The summed E-state index contributed by atoms with van der Waals surface area (Å²) in [5.41, 5.74) is 3.08. The number of carbonyl (C=O) groups excluding carboxylic acids is 3. The van der Waals surface area contributed by atoms with Crippen LogP contribution in [0.15, 0.2) is 24.3 Å². The van der Waals surface area contributed by atoms with E-state index < -0.39 is 24.5 Å². The van der Waals surface area contributed by atoms with E-state index in [1.54, 1.807) is 0 Å². The fourth-order valence-electron chi connectivity index (χ4n) is 3.21. The van der Waals surface area contributed by atoms with Crippen LogP contribution in [0.25, 0.3) is 10.9 Å². The first-order valence-corrected chi connectivity index (χ1v) is 8.69. The Kier molecular flexibility index (Phi) is 5.46. The molecule has 0 fully saturated rings. The summed E-state index contributed by atoms with van der Waals surface area (Å²) in [4.78, 5) is 40.3. The number of fused-ring (bicyclic) bond motifs is 2. The number of amides is 3. The highest BCUT2D eigenvalue weighted by Gasteiger charge is 2.23. The molecular weight excluding hydrogens is 334 g/mol. The summed E-state index contributed by atoms with van der Waals surface area (Å²) in [6.45, 7) is -0.516. The number of carbonyl (C=O) groups is 3. The molecule has 0 atom stereocenters. The fraction of sp³-hybridized carbons (Fsp3) is 0.368. The van der Waals surface area contributed by atoms with Crippen molar-refractivity contribution in [1.29, 1.82) is 0 Å². The lowest BCUT2D eigenvalue weighted by Gasteiger charge is -2.14. The Labute approximate surface area is 151 Å². The maximum atomic E-state index is 12.8. The zero-order valence-corrected chi connectivity index (χ0v) is 14.6. The lowest BCUT2D eigenvalue weighted by atomic mass is 9.97. The Balaban J connectivity index is 1.90. The Hall–Kier alpha value is -2.96. The van der Waals surface area contributed by atoms with Gasteiger partial charge < -0.3 is 10.1 Å². The van der Waals surface area contributed by atoms with E-state index in [4.69, 9.17) is 9.72 Å². The second-order valence-electron chi connectivity index (χ2n) is 6.19. The number of urea groups is 1. The molecule has 0 spiro atoms. The molecule has 7 heteroatoms. The molecule has 1 aliphatic rings. The van der Waals surface area contributed by atoms with Crippen LogP contribution >= 0.6 is 0 Å². The summed E-state index contributed by atoms with van der Waals surface area (Å²) in [5.74, 6) is -1.24. The Morgan fingerprint density at radius 3 is 2.69 bits per heavy atom. The molecule has 0 saturated carbocycles. The molecule has 0 saturated heterocycles. The number of esters is 1. The summed E-state index contributed by atoms with van der Waals surface area (Å²) in [7, 11) is 1.40. The van der Waals surface area contributed by atoms with Crippen molar-refractivity contribution >= 4 is 28.8 Å². The third kappa shape index (κ3) is 3.82. The molecule has 1 aromatic carbocycles. The number of nitrogens with zero attached hydrogens (tertiary/aromatic N) is 1. The molecule has 136 valence electrons. The number of aromatic nitrogens is 1. The van der Waals surface area contributed by atoms with Gasteiger partial charge in [0.1, 0.15) is 0 Å². The molecule has 26 heavy (non-hydrogen) atoms. The lowest BCUT2D eigenvalue weighted by Crippen LogP contribution is -2.39. The van der Waals surface area contributed by atoms with Crippen LogP contribution in [0.3, 0.4) is 0 Å². The van der Waals surface area contributed by atoms with Crippen LogP contribution in [-0.4, -0.2) is 36.5 Å². The number of hydrogen-bond acceptors (Lipinski definition) is 5. The minimum Gasteiger partial charge on any atom is -0.452 e. The normalized spacial score (nSPS) is 13.4. The molecule has 3 amide bonds. The van der Waals surface area contributed by atoms with Gasteiger partial charge in [-0.2, -0.15) is 0 Å². The van der Waals surface area contributed by atoms with E-state index in [2.05, 4.69) is 10.6 Å². The van der Waals surface area contributed by atoms with Gasteiger partial charge in [0.2, 0.25) is 0 Å². The van der Waals surface area contributed by atoms with E-state index in [-0.39, 0.29) is 0 Å². The van der Waals surface area contributed by atoms with Crippen molar-refractivity contribution in [2.45, 2.75) is 32.1 Å². The lowest BCUT2D eigenvalue weighted by molar-refractivity contribution is -0.123. The van der Waals surface area contributed by atoms with Crippen molar-refractivity contribution in [3.05, 3.63) is 41.1 Å². The molecule has 0 unspecified atom stereocenters. The van der Waals surface area contributed by atoms with E-state index in [1.165, 1.54) is 7.05 Å². The van der Waals surface area contributed by atoms with Crippen LogP contribution in [0.1, 0.15) is 40.9 Å². The predicted octanol–water partition coefficient (Wildman–Crippen LogP) is 2.12. The minimum atomic E-state index is -0.679. The number of aryl methyl sites for hydroxylation is 1. The van der Waals surface area contributed by atoms with Crippen LogP contribution in [0.5, 0.6) is 0 Å². The number of ether oxygens (including phenoxy) is 1. The summed E-state index contributed by atoms with van der Waals surface area (Å²) < 4.78 is 5.19. The second kappa shape index (κ2) is 7.95. The van der Waals surface area contributed by atoms with Crippen molar-refractivity contribution < 1.29 is 19.1 Å². The minimum absolute atomic E-state index is 0.486. The van der Waals surface area contributed by atoms with Gasteiger partial charge in [-0.25, -0.2) is 9.59 Å². The van der Waals surface area contributed by atoms with Gasteiger partial charge in [0.25, 0.3) is 5.91 Å². The van der Waals surface area contributed by atoms with Crippen molar-refractivity contribution in [2.24, 2.45) is 0 Å². The van der Waals surface area contributed by atoms with Gasteiger partial charge in [0, 0.05) is 18.1 Å². The molecule has 1 aromatic heterocycles. The quantitative estimate of drug-likeness (QED) is 0.649. The monoisotopic (exact) mass is 355 g/mol. The summed E-state index contributed by atoms with van der Waals surface area (Å²) in [6.07, 6.45) is 4.72. The van der Waals surface area contributed by atoms with Crippen LogP contribution in [-0.2, 0) is 22.4 Å². The number of benzene rings is 1. The summed E-state index contributed by atoms with van der Waals surface area (Å²) in [5, 5.41) is 5.06. The van der Waals surface area contributed by atoms with Crippen molar-refractivity contribution in [3.63, 3.8) is 0 Å². The number of para-hydroxylation sites is 1. The summed E-state index contributed by atoms with van der Waals surface area (Å²) in [6, 6.07) is 6.80. The van der Waals surface area contributed by atoms with E-state index in [0.717, 1.165) is 54.3 Å². The first kappa shape index (κ1) is 17.8. The van der Waals surface area contributed by atoms with Crippen LogP contribution < -0.4 is 10.6 Å². The van der Waals surface area contributed by atoms with Gasteiger partial charge in [0.05, 0.1) is 11.1 Å². The van der Waals surface area contributed by atoms with Crippen molar-refractivity contribution in [1.82, 2.24) is 15.6 Å². The highest BCUT2D eigenvalue weighted by Crippen LogP contribution is 2.29. The SMILES string of the molecule is CNC(=O)NC(=O)COC(=O)c1c2c(nc3ccccc13)CCCCC2. The summed E-state index contributed by atoms with van der Waals surface area (Å²) >= 11 is 0. The molecule has 0 radical (unpaired) electrons. The third-order valence-corrected chi connectivity index (χ3v) is 4.44. The maximum absolute atomic E-state index is 12.8. The number of rotatable bonds is 3. The van der Waals surface area contributed by atoms with Crippen molar-refractivity contribution in [2.75, 3.05) is 13.7 Å². The second-order valence-corrected chi connectivity index (χ2v) is 6.19. The Morgan fingerprint density at radius 1 is 1.12 bits per heavy atom. The maximum Gasteiger partial charge on any atom is 0.339 e. The highest BCUT2D eigenvalue weighted by atomic mass is 16.5. The van der Waals surface area contributed by atoms with E-state index in [0.29, 0.717) is 5.56 Å². The van der Waals surface area contributed by atoms with Gasteiger partial charge in [-0.1, -0.05) is 24.6 Å². The molecule has 1 heterocycles.